The van der Waals surface area contributed by atoms with Crippen LogP contribution in [0.3, 0.4) is 0 Å². The second-order valence-electron chi connectivity index (χ2n) is 6.38. The second-order valence-corrected chi connectivity index (χ2v) is 6.38. The van der Waals surface area contributed by atoms with E-state index in [4.69, 9.17) is 4.52 Å². The summed E-state index contributed by atoms with van der Waals surface area (Å²) in [7, 11) is 0. The van der Waals surface area contributed by atoms with Crippen molar-refractivity contribution in [1.29, 1.82) is 0 Å². The maximum absolute atomic E-state index is 12.2. The number of aromatic nitrogens is 2. The molecule has 0 aromatic carbocycles. The number of likely N-dealkylation sites (tertiary alicyclic amines) is 1. The molecule has 1 amide bonds. The van der Waals surface area contributed by atoms with Gasteiger partial charge in [0.25, 0.3) is 0 Å². The highest BCUT2D eigenvalue weighted by Gasteiger charge is 2.31. The molecule has 6 nitrogen and oxygen atoms in total. The number of nitrogens with zero attached hydrogens (tertiary/aromatic N) is 3. The van der Waals surface area contributed by atoms with Crippen LogP contribution in [0.25, 0.3) is 0 Å². The van der Waals surface area contributed by atoms with Gasteiger partial charge in [0, 0.05) is 13.1 Å². The third kappa shape index (κ3) is 3.61. The van der Waals surface area contributed by atoms with Crippen LogP contribution in [0, 0.1) is 18.8 Å². The van der Waals surface area contributed by atoms with Gasteiger partial charge >= 0.3 is 0 Å². The Morgan fingerprint density at radius 2 is 2.29 bits per heavy atom. The molecular weight excluding hydrogens is 268 g/mol. The Bertz CT molecular complexity index is 498. The van der Waals surface area contributed by atoms with E-state index in [9.17, 15) is 4.79 Å². The van der Waals surface area contributed by atoms with Crippen molar-refractivity contribution in [2.45, 2.75) is 45.6 Å². The maximum atomic E-state index is 12.2. The Balaban J connectivity index is 1.55. The van der Waals surface area contributed by atoms with Crippen LogP contribution in [0.5, 0.6) is 0 Å². The third-order valence-electron chi connectivity index (χ3n) is 4.53. The number of hydrogen-bond acceptors (Lipinski definition) is 5. The molecule has 2 fully saturated rings. The average Bonchev–Trinajstić information content (AvgIpc) is 3.24. The number of nitrogens with one attached hydrogen (secondary N) is 1. The molecule has 0 spiro atoms. The first-order chi connectivity index (χ1) is 10.1. The zero-order valence-electron chi connectivity index (χ0n) is 12.8. The molecule has 0 radical (unpaired) electrons. The summed E-state index contributed by atoms with van der Waals surface area (Å²) in [4.78, 5) is 18.8. The molecule has 1 aliphatic heterocycles. The van der Waals surface area contributed by atoms with Crippen LogP contribution >= 0.6 is 0 Å². The minimum atomic E-state index is 0.0743. The fourth-order valence-electron chi connectivity index (χ4n) is 2.92. The summed E-state index contributed by atoms with van der Waals surface area (Å²) in [5.41, 5.74) is 0. The topological polar surface area (TPSA) is 71.3 Å². The van der Waals surface area contributed by atoms with Crippen molar-refractivity contribution in [3.8, 4) is 0 Å². The van der Waals surface area contributed by atoms with Gasteiger partial charge in [-0.1, -0.05) is 5.16 Å². The molecule has 21 heavy (non-hydrogen) atoms. The van der Waals surface area contributed by atoms with Gasteiger partial charge < -0.3 is 9.84 Å². The first kappa shape index (κ1) is 14.5. The quantitative estimate of drug-likeness (QED) is 0.894. The predicted molar refractivity (Wildman–Crippen MR) is 77.5 cm³/mol. The molecule has 0 unspecified atom stereocenters. The Labute approximate surface area is 125 Å². The van der Waals surface area contributed by atoms with E-state index in [2.05, 4.69) is 27.3 Å². The van der Waals surface area contributed by atoms with Crippen molar-refractivity contribution in [3.63, 3.8) is 0 Å². The van der Waals surface area contributed by atoms with E-state index >= 15 is 0 Å². The number of hydrogen-bond donors (Lipinski definition) is 1. The first-order valence-corrected chi connectivity index (χ1v) is 7.95. The molecular formula is C15H24N4O2. The van der Waals surface area contributed by atoms with E-state index in [0.717, 1.165) is 38.4 Å². The van der Waals surface area contributed by atoms with Crippen LogP contribution in [0.1, 0.15) is 50.4 Å². The molecule has 2 atom stereocenters. The summed E-state index contributed by atoms with van der Waals surface area (Å²) in [6, 6.07) is 0.0743. The summed E-state index contributed by atoms with van der Waals surface area (Å²) >= 11 is 0. The smallest absolute Gasteiger partial charge is 0.243 e. The molecule has 1 aliphatic carbocycles. The molecule has 1 N–H and O–H groups in total. The lowest BCUT2D eigenvalue weighted by molar-refractivity contribution is -0.127. The molecule has 2 heterocycles. The van der Waals surface area contributed by atoms with Crippen LogP contribution in [0.2, 0.25) is 0 Å². The van der Waals surface area contributed by atoms with Crippen LogP contribution < -0.4 is 5.32 Å². The van der Waals surface area contributed by atoms with Crippen LogP contribution in [0.15, 0.2) is 4.52 Å². The van der Waals surface area contributed by atoms with E-state index in [-0.39, 0.29) is 17.9 Å². The van der Waals surface area contributed by atoms with Crippen molar-refractivity contribution < 1.29 is 9.32 Å². The molecule has 3 rings (SSSR count). The van der Waals surface area contributed by atoms with Gasteiger partial charge in [-0.05, 0) is 52.0 Å². The van der Waals surface area contributed by atoms with E-state index in [1.165, 1.54) is 12.8 Å². The van der Waals surface area contributed by atoms with E-state index in [1.54, 1.807) is 0 Å². The van der Waals surface area contributed by atoms with E-state index in [0.29, 0.717) is 11.7 Å². The van der Waals surface area contributed by atoms with Gasteiger partial charge in [0.05, 0.1) is 12.0 Å². The molecule has 1 saturated carbocycles. The van der Waals surface area contributed by atoms with Crippen LogP contribution in [-0.4, -0.2) is 40.6 Å². The molecule has 6 heteroatoms. The fraction of sp³-hybridized carbons (Fsp3) is 0.800. The summed E-state index contributed by atoms with van der Waals surface area (Å²) in [6.45, 7) is 6.50. The second kappa shape index (κ2) is 6.13. The Morgan fingerprint density at radius 1 is 1.48 bits per heavy atom. The highest BCUT2D eigenvalue weighted by atomic mass is 16.5. The predicted octanol–water partition coefficient (Wildman–Crippen LogP) is 1.68. The van der Waals surface area contributed by atoms with Crippen molar-refractivity contribution in [2.24, 2.45) is 11.8 Å². The zero-order valence-corrected chi connectivity index (χ0v) is 12.8. The van der Waals surface area contributed by atoms with E-state index in [1.807, 2.05) is 6.92 Å². The van der Waals surface area contributed by atoms with Gasteiger partial charge in [-0.25, -0.2) is 0 Å². The van der Waals surface area contributed by atoms with Crippen LogP contribution in [0.4, 0.5) is 0 Å². The third-order valence-corrected chi connectivity index (χ3v) is 4.53. The highest BCUT2D eigenvalue weighted by molar-refractivity contribution is 5.79. The van der Waals surface area contributed by atoms with Crippen molar-refractivity contribution in [3.05, 3.63) is 11.7 Å². The SMILES string of the molecule is Cc1noc([C@@H](C)N2CCC[C@H](C(=O)NCC3CC3)C2)n1. The van der Waals surface area contributed by atoms with Gasteiger partial charge in [-0.3, -0.25) is 9.69 Å². The highest BCUT2D eigenvalue weighted by Crippen LogP contribution is 2.28. The Hall–Kier alpha value is -1.43. The largest absolute Gasteiger partial charge is 0.356 e. The molecule has 1 saturated heterocycles. The lowest BCUT2D eigenvalue weighted by atomic mass is 9.96. The summed E-state index contributed by atoms with van der Waals surface area (Å²) in [6.07, 6.45) is 4.55. The normalized spacial score (nSPS) is 24.8. The van der Waals surface area contributed by atoms with Gasteiger partial charge in [-0.2, -0.15) is 4.98 Å². The molecule has 1 aromatic rings. The molecule has 116 valence electrons. The Morgan fingerprint density at radius 3 is 2.95 bits per heavy atom. The van der Waals surface area contributed by atoms with Gasteiger partial charge in [0.1, 0.15) is 0 Å². The minimum Gasteiger partial charge on any atom is -0.356 e. The zero-order chi connectivity index (χ0) is 14.8. The number of piperidine rings is 1. The lowest BCUT2D eigenvalue weighted by Crippen LogP contribution is -2.44. The maximum Gasteiger partial charge on any atom is 0.243 e. The van der Waals surface area contributed by atoms with Crippen molar-refractivity contribution >= 4 is 5.91 Å². The van der Waals surface area contributed by atoms with Gasteiger partial charge in [0.2, 0.25) is 11.8 Å². The lowest BCUT2D eigenvalue weighted by Gasteiger charge is -2.34. The van der Waals surface area contributed by atoms with E-state index < -0.39 is 0 Å². The molecule has 0 bridgehead atoms. The minimum absolute atomic E-state index is 0.0743. The summed E-state index contributed by atoms with van der Waals surface area (Å²) in [5.74, 6) is 2.33. The molecule has 1 aromatic heterocycles. The fourth-order valence-corrected chi connectivity index (χ4v) is 2.92. The standard InChI is InChI=1S/C15H24N4O2/c1-10(15-17-11(2)18-21-15)19-7-3-4-13(9-19)14(20)16-8-12-5-6-12/h10,12-13H,3-9H2,1-2H3,(H,16,20)/t10-,13+/m1/s1. The first-order valence-electron chi connectivity index (χ1n) is 7.95. The number of carbonyl (C=O) groups excluding carboxylic acids is 1. The average molecular weight is 292 g/mol. The van der Waals surface area contributed by atoms with Gasteiger partial charge in [0.15, 0.2) is 5.82 Å². The van der Waals surface area contributed by atoms with Gasteiger partial charge in [-0.15, -0.1) is 0 Å². The van der Waals surface area contributed by atoms with Crippen molar-refractivity contribution in [1.82, 2.24) is 20.4 Å². The summed E-state index contributed by atoms with van der Waals surface area (Å²) in [5, 5.41) is 6.95. The number of amides is 1. The van der Waals surface area contributed by atoms with Crippen LogP contribution in [-0.2, 0) is 4.79 Å². The van der Waals surface area contributed by atoms with Crippen molar-refractivity contribution in [2.75, 3.05) is 19.6 Å². The summed E-state index contributed by atoms with van der Waals surface area (Å²) < 4.78 is 5.26. The number of rotatable bonds is 5. The number of carbonyl (C=O) groups is 1. The monoisotopic (exact) mass is 292 g/mol. The molecule has 2 aliphatic rings. The number of aryl methyl sites for hydroxylation is 1. The Kier molecular flexibility index (Phi) is 4.24.